The lowest BCUT2D eigenvalue weighted by atomic mass is 10.1. The first-order valence-electron chi connectivity index (χ1n) is 8.05. The molecule has 5 N–H and O–H groups in total. The summed E-state index contributed by atoms with van der Waals surface area (Å²) in [7, 11) is -1.18. The maximum Gasteiger partial charge on any atom is 0.229 e. The molecule has 0 aliphatic carbocycles. The van der Waals surface area contributed by atoms with Gasteiger partial charge in [0.2, 0.25) is 10.0 Å². The molecule has 0 amide bonds. The van der Waals surface area contributed by atoms with Crippen LogP contribution in [0.4, 0.5) is 11.4 Å². The van der Waals surface area contributed by atoms with Crippen LogP contribution in [0.1, 0.15) is 5.56 Å². The van der Waals surface area contributed by atoms with Gasteiger partial charge in [-0.05, 0) is 55.4 Å². The smallest absolute Gasteiger partial charge is 0.229 e. The molecule has 2 rings (SSSR count). The summed E-state index contributed by atoms with van der Waals surface area (Å²) in [5.41, 5.74) is 8.10. The SMILES string of the molecule is CN(CCOc1ccc(N)cc1)CCc1ccc(NS(C)(=O)=O)cc1.Cl.Cl.O. The zero-order valence-electron chi connectivity index (χ0n) is 15.9. The van der Waals surface area contributed by atoms with Crippen molar-refractivity contribution in [1.82, 2.24) is 4.90 Å². The Morgan fingerprint density at radius 2 is 1.57 bits per heavy atom. The molecule has 2 aromatic rings. The summed E-state index contributed by atoms with van der Waals surface area (Å²) in [6.45, 7) is 2.32. The van der Waals surface area contributed by atoms with Gasteiger partial charge < -0.3 is 20.8 Å². The number of anilines is 2. The van der Waals surface area contributed by atoms with Gasteiger partial charge >= 0.3 is 0 Å². The minimum Gasteiger partial charge on any atom is -0.492 e. The zero-order valence-corrected chi connectivity index (χ0v) is 18.4. The Balaban J connectivity index is 0. The first kappa shape index (κ1) is 28.5. The molecule has 160 valence electrons. The van der Waals surface area contributed by atoms with Gasteiger partial charge in [0.15, 0.2) is 0 Å². The van der Waals surface area contributed by atoms with Crippen LogP contribution in [0, 0.1) is 0 Å². The van der Waals surface area contributed by atoms with E-state index in [2.05, 4.69) is 9.62 Å². The summed E-state index contributed by atoms with van der Waals surface area (Å²) in [6.07, 6.45) is 2.03. The molecule has 0 atom stereocenters. The number of sulfonamides is 1. The van der Waals surface area contributed by atoms with Crippen LogP contribution in [0.2, 0.25) is 0 Å². The maximum absolute atomic E-state index is 11.2. The molecule has 0 fully saturated rings. The molecule has 0 saturated carbocycles. The number of benzene rings is 2. The molecule has 10 heteroatoms. The van der Waals surface area contributed by atoms with Crippen molar-refractivity contribution < 1.29 is 18.6 Å². The fraction of sp³-hybridized carbons (Fsp3) is 0.333. The molecule has 0 unspecified atom stereocenters. The van der Waals surface area contributed by atoms with E-state index in [1.807, 2.05) is 43.4 Å². The van der Waals surface area contributed by atoms with E-state index in [1.54, 1.807) is 12.1 Å². The zero-order chi connectivity index (χ0) is 18.3. The Morgan fingerprint density at radius 1 is 1.00 bits per heavy atom. The van der Waals surface area contributed by atoms with Crippen LogP contribution in [0.25, 0.3) is 0 Å². The first-order valence-corrected chi connectivity index (χ1v) is 9.94. The summed E-state index contributed by atoms with van der Waals surface area (Å²) in [4.78, 5) is 2.19. The van der Waals surface area contributed by atoms with Gasteiger partial charge in [-0.15, -0.1) is 24.8 Å². The van der Waals surface area contributed by atoms with E-state index >= 15 is 0 Å². The van der Waals surface area contributed by atoms with Gasteiger partial charge in [-0.2, -0.15) is 0 Å². The number of likely N-dealkylation sites (N-methyl/N-ethyl adjacent to an activating group) is 1. The van der Waals surface area contributed by atoms with Crippen LogP contribution < -0.4 is 15.2 Å². The standard InChI is InChI=1S/C18H25N3O3S.2ClH.H2O/c1-21(13-14-24-18-9-5-16(19)6-10-18)12-11-15-3-7-17(8-4-15)20-25(2,22)23;;;/h3-10,20H,11-14,19H2,1-2H3;2*1H;1H2. The number of hydrogen-bond acceptors (Lipinski definition) is 5. The first-order chi connectivity index (χ1) is 11.8. The second kappa shape index (κ2) is 13.5. The number of hydrogen-bond donors (Lipinski definition) is 2. The lowest BCUT2D eigenvalue weighted by Gasteiger charge is -2.17. The highest BCUT2D eigenvalue weighted by Gasteiger charge is 2.03. The number of nitrogens with zero attached hydrogens (tertiary/aromatic N) is 1. The minimum absolute atomic E-state index is 0. The molecule has 0 spiro atoms. The van der Waals surface area contributed by atoms with Crippen LogP contribution in [0.3, 0.4) is 0 Å². The van der Waals surface area contributed by atoms with Crippen molar-refractivity contribution in [2.24, 2.45) is 0 Å². The topological polar surface area (TPSA) is 116 Å². The Bertz CT molecular complexity index is 772. The molecule has 28 heavy (non-hydrogen) atoms. The van der Waals surface area contributed by atoms with Crippen molar-refractivity contribution in [2.45, 2.75) is 6.42 Å². The molecule has 2 aromatic carbocycles. The van der Waals surface area contributed by atoms with Crippen LogP contribution in [0.15, 0.2) is 48.5 Å². The third-order valence-electron chi connectivity index (χ3n) is 3.66. The van der Waals surface area contributed by atoms with Crippen molar-refractivity contribution in [3.8, 4) is 5.75 Å². The van der Waals surface area contributed by atoms with E-state index in [9.17, 15) is 8.42 Å². The van der Waals surface area contributed by atoms with Crippen molar-refractivity contribution in [3.05, 3.63) is 54.1 Å². The second-order valence-corrected chi connectivity index (χ2v) is 7.79. The molecular weight excluding hydrogens is 425 g/mol. The van der Waals surface area contributed by atoms with Gasteiger partial charge in [0.25, 0.3) is 0 Å². The van der Waals surface area contributed by atoms with Crippen molar-refractivity contribution in [2.75, 3.05) is 43.5 Å². The van der Waals surface area contributed by atoms with Crippen molar-refractivity contribution in [1.29, 1.82) is 0 Å². The highest BCUT2D eigenvalue weighted by atomic mass is 35.5. The predicted molar refractivity (Wildman–Crippen MR) is 121 cm³/mol. The molecule has 0 radical (unpaired) electrons. The molecule has 0 saturated heterocycles. The largest absolute Gasteiger partial charge is 0.492 e. The number of rotatable bonds is 9. The number of ether oxygens (including phenoxy) is 1. The van der Waals surface area contributed by atoms with Gasteiger partial charge in [0.05, 0.1) is 6.26 Å². The Labute approximate surface area is 179 Å². The number of nitrogens with one attached hydrogen (secondary N) is 1. The van der Waals surface area contributed by atoms with E-state index in [4.69, 9.17) is 10.5 Å². The highest BCUT2D eigenvalue weighted by Crippen LogP contribution is 2.13. The fourth-order valence-electron chi connectivity index (χ4n) is 2.27. The lowest BCUT2D eigenvalue weighted by molar-refractivity contribution is 0.239. The quantitative estimate of drug-likeness (QED) is 0.564. The minimum atomic E-state index is -3.23. The fourth-order valence-corrected chi connectivity index (χ4v) is 2.83. The summed E-state index contributed by atoms with van der Waals surface area (Å²) >= 11 is 0. The van der Waals surface area contributed by atoms with Gasteiger partial charge in [0, 0.05) is 24.5 Å². The number of halogens is 2. The Hall–Kier alpha value is -1.71. The lowest BCUT2D eigenvalue weighted by Crippen LogP contribution is -2.26. The van der Waals surface area contributed by atoms with E-state index in [-0.39, 0.29) is 30.3 Å². The number of nitrogen functional groups attached to an aromatic ring is 1. The third kappa shape index (κ3) is 11.2. The summed E-state index contributed by atoms with van der Waals surface area (Å²) < 4.78 is 30.5. The van der Waals surface area contributed by atoms with E-state index in [0.717, 1.165) is 42.8 Å². The van der Waals surface area contributed by atoms with Gasteiger partial charge in [-0.3, -0.25) is 4.72 Å². The van der Waals surface area contributed by atoms with Crippen LogP contribution in [0.5, 0.6) is 5.75 Å². The molecule has 0 bridgehead atoms. The average Bonchev–Trinajstić information content (AvgIpc) is 2.55. The molecule has 0 heterocycles. The summed E-state index contributed by atoms with van der Waals surface area (Å²) in [5, 5.41) is 0. The van der Waals surface area contributed by atoms with Crippen molar-refractivity contribution in [3.63, 3.8) is 0 Å². The van der Waals surface area contributed by atoms with Crippen LogP contribution in [-0.4, -0.2) is 51.8 Å². The van der Waals surface area contributed by atoms with E-state index in [1.165, 1.54) is 0 Å². The molecule has 7 nitrogen and oxygen atoms in total. The van der Waals surface area contributed by atoms with Gasteiger partial charge in [0.1, 0.15) is 12.4 Å². The second-order valence-electron chi connectivity index (χ2n) is 6.04. The average molecular weight is 454 g/mol. The van der Waals surface area contributed by atoms with E-state index < -0.39 is 10.0 Å². The predicted octanol–water partition coefficient (Wildman–Crippen LogP) is 2.21. The number of nitrogens with two attached hydrogens (primary N) is 1. The van der Waals surface area contributed by atoms with E-state index in [0.29, 0.717) is 12.3 Å². The highest BCUT2D eigenvalue weighted by molar-refractivity contribution is 7.92. The maximum atomic E-state index is 11.2. The van der Waals surface area contributed by atoms with Gasteiger partial charge in [-0.1, -0.05) is 12.1 Å². The van der Waals surface area contributed by atoms with Gasteiger partial charge in [-0.25, -0.2) is 8.42 Å². The summed E-state index contributed by atoms with van der Waals surface area (Å²) in [5.74, 6) is 0.816. The molecule has 0 aliphatic heterocycles. The van der Waals surface area contributed by atoms with Crippen molar-refractivity contribution >= 4 is 46.2 Å². The monoisotopic (exact) mass is 453 g/mol. The van der Waals surface area contributed by atoms with Crippen LogP contribution >= 0.6 is 24.8 Å². The normalized spacial score (nSPS) is 10.2. The molecule has 0 aliphatic rings. The molecule has 0 aromatic heterocycles. The Morgan fingerprint density at radius 3 is 2.11 bits per heavy atom. The Kier molecular flexibility index (Phi) is 13.7. The molecular formula is C18H29Cl2N3O4S. The van der Waals surface area contributed by atoms with Crippen LogP contribution in [-0.2, 0) is 16.4 Å². The third-order valence-corrected chi connectivity index (χ3v) is 4.27. The summed E-state index contributed by atoms with van der Waals surface area (Å²) in [6, 6.07) is 14.8.